The van der Waals surface area contributed by atoms with Crippen LogP contribution in [0.3, 0.4) is 0 Å². The van der Waals surface area contributed by atoms with Gasteiger partial charge in [-0.25, -0.2) is 15.0 Å². The van der Waals surface area contributed by atoms with Gasteiger partial charge in [0.25, 0.3) is 0 Å². The quantitative estimate of drug-likeness (QED) is 0.171. The van der Waals surface area contributed by atoms with Crippen molar-refractivity contribution >= 4 is 43.9 Å². The number of hydrogen-bond donors (Lipinski definition) is 0. The fourth-order valence-corrected chi connectivity index (χ4v) is 7.96. The second kappa shape index (κ2) is 13.0. The molecule has 0 N–H and O–H groups in total. The minimum absolute atomic E-state index is 0.565. The molecule has 0 spiro atoms. The Morgan fingerprint density at radius 1 is 0.304 bits per heavy atom. The van der Waals surface area contributed by atoms with Gasteiger partial charge in [0.2, 0.25) is 0 Å². The lowest BCUT2D eigenvalue weighted by atomic mass is 9.95. The Morgan fingerprint density at radius 3 is 1.66 bits per heavy atom. The second-order valence-corrected chi connectivity index (χ2v) is 13.9. The van der Waals surface area contributed by atoms with Crippen LogP contribution in [0.25, 0.3) is 111 Å². The van der Waals surface area contributed by atoms with Crippen LogP contribution in [-0.2, 0) is 0 Å². The molecule has 5 heteroatoms. The number of para-hydroxylation sites is 2. The summed E-state index contributed by atoms with van der Waals surface area (Å²) in [5.74, 6) is 1.76. The highest BCUT2D eigenvalue weighted by atomic mass is 16.3. The van der Waals surface area contributed by atoms with Gasteiger partial charge in [0.05, 0.1) is 0 Å². The molecular weight excluding hydrogens is 687 g/mol. The van der Waals surface area contributed by atoms with E-state index in [9.17, 15) is 0 Å². The van der Waals surface area contributed by atoms with Crippen LogP contribution in [0.1, 0.15) is 0 Å². The topological polar surface area (TPSA) is 65.0 Å². The van der Waals surface area contributed by atoms with E-state index >= 15 is 0 Å². The molecule has 0 radical (unpaired) electrons. The van der Waals surface area contributed by atoms with Crippen molar-refractivity contribution in [1.29, 1.82) is 0 Å². The number of aromatic nitrogens is 3. The predicted octanol–water partition coefficient (Wildman–Crippen LogP) is 13.7. The van der Waals surface area contributed by atoms with Crippen molar-refractivity contribution in [3.63, 3.8) is 0 Å². The molecule has 3 heterocycles. The summed E-state index contributed by atoms with van der Waals surface area (Å²) in [6.07, 6.45) is 0. The zero-order chi connectivity index (χ0) is 37.0. The molecule has 8 aromatic carbocycles. The van der Waals surface area contributed by atoms with Crippen molar-refractivity contribution in [3.05, 3.63) is 188 Å². The van der Waals surface area contributed by atoms with Gasteiger partial charge in [-0.15, -0.1) is 0 Å². The first-order chi connectivity index (χ1) is 27.8. The van der Waals surface area contributed by atoms with Gasteiger partial charge in [0.1, 0.15) is 22.3 Å². The highest BCUT2D eigenvalue weighted by molar-refractivity contribution is 6.19. The van der Waals surface area contributed by atoms with E-state index in [0.29, 0.717) is 17.5 Å². The third-order valence-corrected chi connectivity index (χ3v) is 10.6. The normalized spacial score (nSPS) is 11.6. The van der Waals surface area contributed by atoms with E-state index in [-0.39, 0.29) is 0 Å². The number of nitrogens with zero attached hydrogens (tertiary/aromatic N) is 3. The van der Waals surface area contributed by atoms with Crippen LogP contribution in [0, 0.1) is 0 Å². The van der Waals surface area contributed by atoms with Crippen molar-refractivity contribution in [2.75, 3.05) is 0 Å². The fraction of sp³-hybridized carbons (Fsp3) is 0. The monoisotopic (exact) mass is 717 g/mol. The molecule has 0 amide bonds. The zero-order valence-electron chi connectivity index (χ0n) is 30.1. The Morgan fingerprint density at radius 2 is 0.857 bits per heavy atom. The summed E-state index contributed by atoms with van der Waals surface area (Å²) in [5.41, 5.74) is 12.2. The minimum Gasteiger partial charge on any atom is -0.456 e. The van der Waals surface area contributed by atoms with Crippen LogP contribution in [0.4, 0.5) is 0 Å². The first kappa shape index (κ1) is 31.9. The third-order valence-electron chi connectivity index (χ3n) is 10.6. The molecule has 0 aliphatic rings. The molecule has 262 valence electrons. The molecule has 0 atom stereocenters. The Hall–Kier alpha value is -7.63. The van der Waals surface area contributed by atoms with E-state index in [4.69, 9.17) is 23.8 Å². The smallest absolute Gasteiger partial charge is 0.164 e. The van der Waals surface area contributed by atoms with Gasteiger partial charge in [-0.2, -0.15) is 0 Å². The molecule has 0 bridgehead atoms. The number of rotatable bonds is 6. The Balaban J connectivity index is 1.16. The van der Waals surface area contributed by atoms with Crippen LogP contribution >= 0.6 is 0 Å². The predicted molar refractivity (Wildman–Crippen MR) is 227 cm³/mol. The van der Waals surface area contributed by atoms with Crippen molar-refractivity contribution in [3.8, 4) is 67.5 Å². The molecule has 0 aliphatic heterocycles. The van der Waals surface area contributed by atoms with E-state index in [1.165, 1.54) is 0 Å². The molecule has 0 saturated carbocycles. The minimum atomic E-state index is 0.565. The van der Waals surface area contributed by atoms with E-state index in [1.807, 2.05) is 66.7 Å². The number of furan rings is 2. The second-order valence-electron chi connectivity index (χ2n) is 13.9. The molecule has 0 fully saturated rings. The molecule has 0 unspecified atom stereocenters. The SMILES string of the molecule is c1ccc(-c2cccc(-c3nc(-c4ccccc4)nc(-c4ccc5c(oc6c(-c7cccc8oc9ccccc9c78)cccc65)c4-c4ccccc4)n3)c2)cc1. The third kappa shape index (κ3) is 5.29. The number of fused-ring (bicyclic) bond motifs is 6. The summed E-state index contributed by atoms with van der Waals surface area (Å²) >= 11 is 0. The Labute approximate surface area is 322 Å². The van der Waals surface area contributed by atoms with Gasteiger partial charge in [-0.1, -0.05) is 158 Å². The molecule has 5 nitrogen and oxygen atoms in total. The summed E-state index contributed by atoms with van der Waals surface area (Å²) in [7, 11) is 0. The van der Waals surface area contributed by atoms with Crippen LogP contribution in [0.2, 0.25) is 0 Å². The summed E-state index contributed by atoms with van der Waals surface area (Å²) in [6, 6.07) is 64.3. The molecular formula is C51H31N3O2. The maximum Gasteiger partial charge on any atom is 0.164 e. The van der Waals surface area contributed by atoms with Crippen molar-refractivity contribution in [1.82, 2.24) is 15.0 Å². The molecule has 3 aromatic heterocycles. The lowest BCUT2D eigenvalue weighted by molar-refractivity contribution is 0.669. The van der Waals surface area contributed by atoms with Gasteiger partial charge in [0.15, 0.2) is 17.5 Å². The van der Waals surface area contributed by atoms with E-state index in [1.54, 1.807) is 0 Å². The number of benzene rings is 8. The highest BCUT2D eigenvalue weighted by Gasteiger charge is 2.23. The summed E-state index contributed by atoms with van der Waals surface area (Å²) < 4.78 is 13.4. The van der Waals surface area contributed by atoms with Crippen molar-refractivity contribution in [2.24, 2.45) is 0 Å². The summed E-state index contributed by atoms with van der Waals surface area (Å²) in [6.45, 7) is 0. The maximum atomic E-state index is 7.12. The highest BCUT2D eigenvalue weighted by Crippen LogP contribution is 2.46. The van der Waals surface area contributed by atoms with Crippen LogP contribution in [-0.4, -0.2) is 15.0 Å². The average molecular weight is 718 g/mol. The molecule has 11 aromatic rings. The van der Waals surface area contributed by atoms with Crippen molar-refractivity contribution in [2.45, 2.75) is 0 Å². The summed E-state index contributed by atoms with van der Waals surface area (Å²) in [5, 5.41) is 4.20. The van der Waals surface area contributed by atoms with Crippen LogP contribution in [0.5, 0.6) is 0 Å². The number of hydrogen-bond acceptors (Lipinski definition) is 5. The van der Waals surface area contributed by atoms with E-state index < -0.39 is 0 Å². The average Bonchev–Trinajstić information content (AvgIpc) is 3.86. The maximum absolute atomic E-state index is 7.12. The van der Waals surface area contributed by atoms with E-state index in [0.717, 1.165) is 93.9 Å². The molecule has 11 rings (SSSR count). The molecule has 56 heavy (non-hydrogen) atoms. The molecule has 0 aliphatic carbocycles. The van der Waals surface area contributed by atoms with Gasteiger partial charge >= 0.3 is 0 Å². The van der Waals surface area contributed by atoms with Crippen LogP contribution < -0.4 is 0 Å². The lowest BCUT2D eigenvalue weighted by Crippen LogP contribution is -2.01. The van der Waals surface area contributed by atoms with Crippen LogP contribution in [0.15, 0.2) is 197 Å². The van der Waals surface area contributed by atoms with Gasteiger partial charge in [-0.05, 0) is 52.6 Å². The standard InChI is InChI=1S/C51H31N3O2/c1-4-15-32(16-5-1)35-21-12-22-36(31-35)50-52-49(34-19-8-3-9-20-34)53-51(54-50)42-30-29-40-39-26-13-25-38(47(39)56-48(40)45(42)33-17-6-2-7-18-33)37-24-14-28-44-46(37)41-23-10-11-27-43(41)55-44/h1-31H. The zero-order valence-corrected chi connectivity index (χ0v) is 30.1. The largest absolute Gasteiger partial charge is 0.456 e. The molecule has 0 saturated heterocycles. The van der Waals surface area contributed by atoms with Gasteiger partial charge in [0, 0.05) is 49.4 Å². The first-order valence-corrected chi connectivity index (χ1v) is 18.7. The summed E-state index contributed by atoms with van der Waals surface area (Å²) in [4.78, 5) is 15.5. The first-order valence-electron chi connectivity index (χ1n) is 18.7. The van der Waals surface area contributed by atoms with E-state index in [2.05, 4.69) is 121 Å². The lowest BCUT2D eigenvalue weighted by Gasteiger charge is -2.13. The Kier molecular flexibility index (Phi) is 7.42. The fourth-order valence-electron chi connectivity index (χ4n) is 7.96. The Bertz CT molecular complexity index is 3240. The van der Waals surface area contributed by atoms with Gasteiger partial charge in [-0.3, -0.25) is 0 Å². The van der Waals surface area contributed by atoms with Gasteiger partial charge < -0.3 is 8.83 Å². The van der Waals surface area contributed by atoms with Crippen molar-refractivity contribution < 1.29 is 8.83 Å².